The predicted octanol–water partition coefficient (Wildman–Crippen LogP) is 1.25. The van der Waals surface area contributed by atoms with Crippen molar-refractivity contribution in [1.82, 2.24) is 20.4 Å². The average Bonchev–Trinajstić information content (AvgIpc) is 3.15. The number of hydrogen-bond acceptors (Lipinski definition) is 3. The van der Waals surface area contributed by atoms with Crippen molar-refractivity contribution in [1.29, 1.82) is 0 Å². The minimum absolute atomic E-state index is 0.0302. The summed E-state index contributed by atoms with van der Waals surface area (Å²) in [7, 11) is 0. The fraction of sp³-hybridized carbons (Fsp3) is 0.312. The number of carbonyl (C=O) groups is 2. The Morgan fingerprint density at radius 2 is 2.18 bits per heavy atom. The standard InChI is InChI=1S/C16H18N4O2/c1-11-2-4-12(5-3-11)10-20-7-6-14(16(20)22)19-15(21)13-8-17-18-9-13/h2-5,8-9,14H,6-7,10H2,1H3,(H,17,18)(H,19,21). The zero-order chi connectivity index (χ0) is 15.5. The molecule has 2 heterocycles. The number of nitrogens with one attached hydrogen (secondary N) is 2. The third-order valence-electron chi connectivity index (χ3n) is 3.86. The zero-order valence-electron chi connectivity index (χ0n) is 12.4. The Kier molecular flexibility index (Phi) is 3.91. The molecule has 1 unspecified atom stereocenters. The van der Waals surface area contributed by atoms with Gasteiger partial charge in [0, 0.05) is 19.3 Å². The molecule has 1 fully saturated rings. The fourth-order valence-electron chi connectivity index (χ4n) is 2.56. The minimum atomic E-state index is -0.451. The highest BCUT2D eigenvalue weighted by molar-refractivity contribution is 5.97. The number of hydrogen-bond donors (Lipinski definition) is 2. The normalized spacial score (nSPS) is 17.8. The van der Waals surface area contributed by atoms with Crippen LogP contribution in [0.2, 0.25) is 0 Å². The molecule has 0 bridgehead atoms. The number of benzene rings is 1. The molecule has 2 amide bonds. The molecule has 22 heavy (non-hydrogen) atoms. The average molecular weight is 298 g/mol. The molecule has 0 radical (unpaired) electrons. The summed E-state index contributed by atoms with van der Waals surface area (Å²) in [5, 5.41) is 9.09. The van der Waals surface area contributed by atoms with Gasteiger partial charge in [0.15, 0.2) is 0 Å². The van der Waals surface area contributed by atoms with Crippen molar-refractivity contribution in [3.05, 3.63) is 53.3 Å². The molecule has 6 nitrogen and oxygen atoms in total. The van der Waals surface area contributed by atoms with E-state index in [0.717, 1.165) is 5.56 Å². The van der Waals surface area contributed by atoms with Gasteiger partial charge in [0.25, 0.3) is 5.91 Å². The quantitative estimate of drug-likeness (QED) is 0.891. The van der Waals surface area contributed by atoms with Crippen LogP contribution < -0.4 is 5.32 Å². The molecule has 3 rings (SSSR count). The van der Waals surface area contributed by atoms with E-state index in [-0.39, 0.29) is 11.8 Å². The number of H-pyrrole nitrogens is 1. The SMILES string of the molecule is Cc1ccc(CN2CCC(NC(=O)c3cn[nH]c3)C2=O)cc1. The first-order valence-electron chi connectivity index (χ1n) is 7.27. The van der Waals surface area contributed by atoms with Crippen molar-refractivity contribution in [2.75, 3.05) is 6.54 Å². The Labute approximate surface area is 128 Å². The highest BCUT2D eigenvalue weighted by atomic mass is 16.2. The molecule has 6 heteroatoms. The second kappa shape index (κ2) is 6.01. The van der Waals surface area contributed by atoms with E-state index in [4.69, 9.17) is 0 Å². The van der Waals surface area contributed by atoms with Gasteiger partial charge in [-0.25, -0.2) is 0 Å². The second-order valence-corrected chi connectivity index (χ2v) is 5.55. The van der Waals surface area contributed by atoms with Gasteiger partial charge in [-0.05, 0) is 18.9 Å². The summed E-state index contributed by atoms with van der Waals surface area (Å²) in [6.45, 7) is 3.27. The first-order valence-corrected chi connectivity index (χ1v) is 7.27. The Bertz CT molecular complexity index is 664. The first-order chi connectivity index (χ1) is 10.6. The lowest BCUT2D eigenvalue weighted by atomic mass is 10.1. The van der Waals surface area contributed by atoms with E-state index < -0.39 is 6.04 Å². The Hall–Kier alpha value is -2.63. The minimum Gasteiger partial charge on any atom is -0.340 e. The van der Waals surface area contributed by atoms with E-state index in [9.17, 15) is 9.59 Å². The lowest BCUT2D eigenvalue weighted by Crippen LogP contribution is -2.41. The number of aromatic nitrogens is 2. The number of likely N-dealkylation sites (tertiary alicyclic amines) is 1. The van der Waals surface area contributed by atoms with Crippen LogP contribution in [0.25, 0.3) is 0 Å². The van der Waals surface area contributed by atoms with E-state index in [2.05, 4.69) is 15.5 Å². The topological polar surface area (TPSA) is 78.1 Å². The first kappa shape index (κ1) is 14.3. The van der Waals surface area contributed by atoms with E-state index in [1.807, 2.05) is 31.2 Å². The van der Waals surface area contributed by atoms with Crippen LogP contribution in [0.1, 0.15) is 27.9 Å². The highest BCUT2D eigenvalue weighted by Crippen LogP contribution is 2.16. The third kappa shape index (κ3) is 3.00. The maximum absolute atomic E-state index is 12.4. The van der Waals surface area contributed by atoms with Crippen molar-refractivity contribution in [3.8, 4) is 0 Å². The van der Waals surface area contributed by atoms with Gasteiger partial charge in [-0.2, -0.15) is 5.10 Å². The molecule has 1 aliphatic heterocycles. The van der Waals surface area contributed by atoms with Crippen LogP contribution >= 0.6 is 0 Å². The molecule has 0 spiro atoms. The third-order valence-corrected chi connectivity index (χ3v) is 3.86. The van der Waals surface area contributed by atoms with E-state index in [0.29, 0.717) is 25.1 Å². The molecule has 1 saturated heterocycles. The van der Waals surface area contributed by atoms with Gasteiger partial charge in [0.1, 0.15) is 6.04 Å². The Morgan fingerprint density at radius 1 is 1.41 bits per heavy atom. The van der Waals surface area contributed by atoms with Gasteiger partial charge in [-0.1, -0.05) is 29.8 Å². The Morgan fingerprint density at radius 3 is 2.86 bits per heavy atom. The van der Waals surface area contributed by atoms with Gasteiger partial charge < -0.3 is 10.2 Å². The number of aromatic amines is 1. The number of rotatable bonds is 4. The van der Waals surface area contributed by atoms with Crippen molar-refractivity contribution in [2.24, 2.45) is 0 Å². The summed E-state index contributed by atoms with van der Waals surface area (Å²) < 4.78 is 0. The van der Waals surface area contributed by atoms with Crippen LogP contribution in [0.15, 0.2) is 36.7 Å². The van der Waals surface area contributed by atoms with Gasteiger partial charge in [-0.15, -0.1) is 0 Å². The summed E-state index contributed by atoms with van der Waals surface area (Å²) in [5.41, 5.74) is 2.73. The van der Waals surface area contributed by atoms with Crippen molar-refractivity contribution >= 4 is 11.8 Å². The fourth-order valence-corrected chi connectivity index (χ4v) is 2.56. The molecule has 1 aliphatic rings. The smallest absolute Gasteiger partial charge is 0.255 e. The molecule has 0 aliphatic carbocycles. The number of carbonyl (C=O) groups excluding carboxylic acids is 2. The molecule has 1 aromatic heterocycles. The van der Waals surface area contributed by atoms with Crippen LogP contribution in [-0.2, 0) is 11.3 Å². The number of aryl methyl sites for hydroxylation is 1. The molecule has 2 aromatic rings. The largest absolute Gasteiger partial charge is 0.340 e. The van der Waals surface area contributed by atoms with Gasteiger partial charge in [0.2, 0.25) is 5.91 Å². The lowest BCUT2D eigenvalue weighted by Gasteiger charge is -2.17. The monoisotopic (exact) mass is 298 g/mol. The maximum atomic E-state index is 12.4. The van der Waals surface area contributed by atoms with Crippen LogP contribution in [-0.4, -0.2) is 39.5 Å². The molecular weight excluding hydrogens is 280 g/mol. The zero-order valence-corrected chi connectivity index (χ0v) is 12.4. The van der Waals surface area contributed by atoms with Gasteiger partial charge in [-0.3, -0.25) is 14.7 Å². The van der Waals surface area contributed by atoms with Gasteiger partial charge >= 0.3 is 0 Å². The lowest BCUT2D eigenvalue weighted by molar-refractivity contribution is -0.129. The molecule has 1 aromatic carbocycles. The molecule has 114 valence electrons. The predicted molar refractivity (Wildman–Crippen MR) is 81.1 cm³/mol. The molecular formula is C16H18N4O2. The molecule has 1 atom stereocenters. The van der Waals surface area contributed by atoms with E-state index in [1.54, 1.807) is 4.90 Å². The van der Waals surface area contributed by atoms with Crippen LogP contribution in [0.5, 0.6) is 0 Å². The molecule has 2 N–H and O–H groups in total. The van der Waals surface area contributed by atoms with Crippen LogP contribution in [0, 0.1) is 6.92 Å². The van der Waals surface area contributed by atoms with Crippen molar-refractivity contribution < 1.29 is 9.59 Å². The number of amides is 2. The van der Waals surface area contributed by atoms with Crippen molar-refractivity contribution in [2.45, 2.75) is 25.9 Å². The second-order valence-electron chi connectivity index (χ2n) is 5.55. The van der Waals surface area contributed by atoms with Gasteiger partial charge in [0.05, 0.1) is 11.8 Å². The summed E-state index contributed by atoms with van der Waals surface area (Å²) >= 11 is 0. The Balaban J connectivity index is 1.60. The molecule has 0 saturated carbocycles. The van der Waals surface area contributed by atoms with E-state index in [1.165, 1.54) is 18.0 Å². The summed E-state index contributed by atoms with van der Waals surface area (Å²) in [5.74, 6) is -0.304. The number of nitrogens with zero attached hydrogens (tertiary/aromatic N) is 2. The van der Waals surface area contributed by atoms with Crippen molar-refractivity contribution in [3.63, 3.8) is 0 Å². The summed E-state index contributed by atoms with van der Waals surface area (Å²) in [6.07, 6.45) is 3.59. The van der Waals surface area contributed by atoms with Crippen LogP contribution in [0.3, 0.4) is 0 Å². The van der Waals surface area contributed by atoms with Crippen LogP contribution in [0.4, 0.5) is 0 Å². The highest BCUT2D eigenvalue weighted by Gasteiger charge is 2.32. The van der Waals surface area contributed by atoms with E-state index >= 15 is 0 Å². The summed E-state index contributed by atoms with van der Waals surface area (Å²) in [6, 6.07) is 7.68. The summed E-state index contributed by atoms with van der Waals surface area (Å²) in [4.78, 5) is 26.1. The maximum Gasteiger partial charge on any atom is 0.255 e.